The van der Waals surface area contributed by atoms with E-state index in [1.807, 2.05) is 36.4 Å². The van der Waals surface area contributed by atoms with Gasteiger partial charge in [0.1, 0.15) is 22.4 Å². The quantitative estimate of drug-likeness (QED) is 0.282. The monoisotopic (exact) mass is 571 g/mol. The third-order valence-corrected chi connectivity index (χ3v) is 9.52. The number of hydrogen-bond acceptors (Lipinski definition) is 7. The van der Waals surface area contributed by atoms with Crippen LogP contribution >= 0.6 is 0 Å². The normalized spacial score (nSPS) is 13.9. The highest BCUT2D eigenvalue weighted by Gasteiger charge is 2.55. The second kappa shape index (κ2) is 11.5. The van der Waals surface area contributed by atoms with Gasteiger partial charge in [-0.1, -0.05) is 42.5 Å². The van der Waals surface area contributed by atoms with E-state index in [1.54, 1.807) is 30.3 Å². The summed E-state index contributed by atoms with van der Waals surface area (Å²) in [4.78, 5) is 30.3. The zero-order valence-electron chi connectivity index (χ0n) is 22.5. The molecule has 1 saturated carbocycles. The molecule has 1 aliphatic rings. The van der Waals surface area contributed by atoms with Gasteiger partial charge in [-0.15, -0.1) is 0 Å². The van der Waals surface area contributed by atoms with E-state index in [4.69, 9.17) is 10.00 Å². The summed E-state index contributed by atoms with van der Waals surface area (Å²) in [7, 11) is -2.13. The standard InChI is InChI=1S/C30H29N5O5S/c1-35-26-24(17-25(29(35)37)27(36)33-19-23-9-7-22(18-31)8-10-23)12-15-32-28(26)40-20-30(13-14-30)41(38,39)34-16-11-21-5-3-2-4-6-21/h2-10,12,15,17,34H,11,13-14,16,19-20H2,1H3,(H,33,36). The minimum absolute atomic E-state index is 0.0466. The molecule has 0 aliphatic heterocycles. The molecule has 2 heterocycles. The highest BCUT2D eigenvalue weighted by atomic mass is 32.2. The smallest absolute Gasteiger partial charge is 0.263 e. The molecule has 2 N–H and O–H groups in total. The third-order valence-electron chi connectivity index (χ3n) is 7.27. The van der Waals surface area contributed by atoms with Gasteiger partial charge >= 0.3 is 0 Å². The van der Waals surface area contributed by atoms with Gasteiger partial charge in [0.15, 0.2) is 0 Å². The van der Waals surface area contributed by atoms with Gasteiger partial charge in [-0.25, -0.2) is 18.1 Å². The molecule has 1 amide bonds. The summed E-state index contributed by atoms with van der Waals surface area (Å²) in [6.07, 6.45) is 2.99. The molecule has 41 heavy (non-hydrogen) atoms. The molecule has 0 atom stereocenters. The fourth-order valence-electron chi connectivity index (χ4n) is 4.60. The molecular weight excluding hydrogens is 542 g/mol. The summed E-state index contributed by atoms with van der Waals surface area (Å²) < 4.78 is 35.1. The predicted octanol–water partition coefficient (Wildman–Crippen LogP) is 2.81. The molecule has 0 bridgehead atoms. The van der Waals surface area contributed by atoms with Crippen LogP contribution in [0.5, 0.6) is 5.88 Å². The molecule has 10 nitrogen and oxygen atoms in total. The maximum absolute atomic E-state index is 13.2. The Balaban J connectivity index is 1.28. The number of aromatic nitrogens is 2. The fraction of sp³-hybridized carbons (Fsp3) is 0.267. The fourth-order valence-corrected chi connectivity index (χ4v) is 6.13. The lowest BCUT2D eigenvalue weighted by molar-refractivity contribution is 0.0949. The van der Waals surface area contributed by atoms with E-state index in [1.165, 1.54) is 23.9 Å². The number of carbonyl (C=O) groups excluding carboxylic acids is 1. The number of nitrogens with one attached hydrogen (secondary N) is 2. The van der Waals surface area contributed by atoms with E-state index in [0.717, 1.165) is 11.1 Å². The molecule has 5 rings (SSSR count). The van der Waals surface area contributed by atoms with Crippen LogP contribution in [0.15, 0.2) is 77.7 Å². The largest absolute Gasteiger partial charge is 0.474 e. The number of benzene rings is 2. The maximum Gasteiger partial charge on any atom is 0.263 e. The molecule has 2 aromatic carbocycles. The zero-order valence-corrected chi connectivity index (χ0v) is 23.3. The van der Waals surface area contributed by atoms with Crippen molar-refractivity contribution in [3.05, 3.63) is 106 Å². The number of carbonyl (C=O) groups is 1. The SMILES string of the molecule is Cn1c(=O)c(C(=O)NCc2ccc(C#N)cc2)cc2ccnc(OCC3(S(=O)(=O)NCCc4ccccc4)CC3)c21. The number of nitriles is 1. The molecule has 1 aliphatic carbocycles. The van der Waals surface area contributed by atoms with Crippen molar-refractivity contribution in [2.75, 3.05) is 13.2 Å². The van der Waals surface area contributed by atoms with Gasteiger partial charge in [0.2, 0.25) is 15.9 Å². The van der Waals surface area contributed by atoms with E-state index < -0.39 is 26.2 Å². The van der Waals surface area contributed by atoms with Crippen LogP contribution in [0, 0.1) is 11.3 Å². The lowest BCUT2D eigenvalue weighted by atomic mass is 10.1. The van der Waals surface area contributed by atoms with Crippen molar-refractivity contribution in [1.29, 1.82) is 5.26 Å². The number of rotatable bonds is 11. The highest BCUT2D eigenvalue weighted by Crippen LogP contribution is 2.43. The van der Waals surface area contributed by atoms with Crippen LogP contribution in [-0.4, -0.2) is 41.8 Å². The first-order valence-corrected chi connectivity index (χ1v) is 14.6. The molecule has 2 aromatic heterocycles. The van der Waals surface area contributed by atoms with Crippen LogP contribution < -0.4 is 20.3 Å². The minimum atomic E-state index is -3.65. The Labute approximate surface area is 237 Å². The Hall–Kier alpha value is -4.53. The van der Waals surface area contributed by atoms with Crippen molar-refractivity contribution < 1.29 is 17.9 Å². The van der Waals surface area contributed by atoms with Gasteiger partial charge in [-0.3, -0.25) is 9.59 Å². The summed E-state index contributed by atoms with van der Waals surface area (Å²) in [6, 6.07) is 21.6. The first-order valence-electron chi connectivity index (χ1n) is 13.1. The summed E-state index contributed by atoms with van der Waals surface area (Å²) in [5, 5.41) is 12.2. The first kappa shape index (κ1) is 28.0. The van der Waals surface area contributed by atoms with Crippen LogP contribution in [0.4, 0.5) is 0 Å². The van der Waals surface area contributed by atoms with E-state index in [9.17, 15) is 18.0 Å². The Morgan fingerprint density at radius 3 is 2.51 bits per heavy atom. The minimum Gasteiger partial charge on any atom is -0.474 e. The lowest BCUT2D eigenvalue weighted by Gasteiger charge is -2.19. The molecule has 0 unspecified atom stereocenters. The first-order chi connectivity index (χ1) is 19.7. The average Bonchev–Trinajstić information content (AvgIpc) is 3.79. The summed E-state index contributed by atoms with van der Waals surface area (Å²) in [6.45, 7) is 0.359. The molecule has 11 heteroatoms. The molecule has 4 aromatic rings. The topological polar surface area (TPSA) is 143 Å². The summed E-state index contributed by atoms with van der Waals surface area (Å²) in [5.41, 5.74) is 2.12. The number of hydrogen-bond donors (Lipinski definition) is 2. The molecule has 1 fully saturated rings. The number of sulfonamides is 1. The van der Waals surface area contributed by atoms with Crippen molar-refractivity contribution in [2.45, 2.75) is 30.6 Å². The Kier molecular flexibility index (Phi) is 7.88. The number of nitrogens with zero attached hydrogens (tertiary/aromatic N) is 3. The van der Waals surface area contributed by atoms with Gasteiger partial charge in [0.25, 0.3) is 11.5 Å². The average molecular weight is 572 g/mol. The van der Waals surface area contributed by atoms with Crippen LogP contribution in [0.1, 0.15) is 39.9 Å². The predicted molar refractivity (Wildman–Crippen MR) is 154 cm³/mol. The second-order valence-electron chi connectivity index (χ2n) is 10.1. The third kappa shape index (κ3) is 5.99. The van der Waals surface area contributed by atoms with Crippen molar-refractivity contribution in [3.63, 3.8) is 0 Å². The molecule has 0 saturated heterocycles. The van der Waals surface area contributed by atoms with Crippen LogP contribution in [0.25, 0.3) is 10.9 Å². The summed E-state index contributed by atoms with van der Waals surface area (Å²) >= 11 is 0. The van der Waals surface area contributed by atoms with E-state index in [2.05, 4.69) is 15.0 Å². The van der Waals surface area contributed by atoms with Crippen LogP contribution in [0.3, 0.4) is 0 Å². The number of amides is 1. The maximum atomic E-state index is 13.2. The molecule has 0 spiro atoms. The van der Waals surface area contributed by atoms with E-state index in [0.29, 0.717) is 35.7 Å². The Morgan fingerprint density at radius 1 is 1.10 bits per heavy atom. The van der Waals surface area contributed by atoms with Gasteiger partial charge in [-0.05, 0) is 54.7 Å². The number of aryl methyl sites for hydroxylation is 1. The summed E-state index contributed by atoms with van der Waals surface area (Å²) in [5.74, 6) is -0.418. The van der Waals surface area contributed by atoms with Crippen molar-refractivity contribution in [1.82, 2.24) is 19.6 Å². The highest BCUT2D eigenvalue weighted by molar-refractivity contribution is 7.91. The van der Waals surface area contributed by atoms with Crippen LogP contribution in [-0.2, 0) is 30.0 Å². The Bertz CT molecular complexity index is 1790. The van der Waals surface area contributed by atoms with Crippen molar-refractivity contribution in [2.24, 2.45) is 7.05 Å². The second-order valence-corrected chi connectivity index (χ2v) is 12.2. The lowest BCUT2D eigenvalue weighted by Crippen LogP contribution is -2.41. The number of fused-ring (bicyclic) bond motifs is 1. The van der Waals surface area contributed by atoms with E-state index in [-0.39, 0.29) is 31.1 Å². The van der Waals surface area contributed by atoms with E-state index >= 15 is 0 Å². The number of ether oxygens (including phenoxy) is 1. The molecule has 0 radical (unpaired) electrons. The molecule has 210 valence electrons. The van der Waals surface area contributed by atoms with Crippen LogP contribution in [0.2, 0.25) is 0 Å². The number of pyridine rings is 2. The van der Waals surface area contributed by atoms with Gasteiger partial charge < -0.3 is 14.6 Å². The van der Waals surface area contributed by atoms with Gasteiger partial charge in [0, 0.05) is 31.7 Å². The van der Waals surface area contributed by atoms with Gasteiger partial charge in [-0.2, -0.15) is 5.26 Å². The zero-order chi connectivity index (χ0) is 29.0. The van der Waals surface area contributed by atoms with Crippen molar-refractivity contribution in [3.8, 4) is 11.9 Å². The van der Waals surface area contributed by atoms with Crippen molar-refractivity contribution >= 4 is 26.8 Å². The van der Waals surface area contributed by atoms with Gasteiger partial charge in [0.05, 0.1) is 11.6 Å². The molecular formula is C30H29N5O5S. The Morgan fingerprint density at radius 2 is 1.83 bits per heavy atom.